The average Bonchev–Trinajstić information content (AvgIpc) is 3.16. The standard InChI is InChI=1S/C17H23N3O3/c18-13(9-11-10-19-14-6-2-1-5-12(11)14)15(21)20-17(16(22)23)7-3-4-8-17/h1-2,5-6,10,13,16,19,22-23H,3-4,7-9,18H2,(H,20,21)/t13-/m1/s1. The third kappa shape index (κ3) is 3.10. The van der Waals surface area contributed by atoms with Gasteiger partial charge in [-0.25, -0.2) is 0 Å². The fraction of sp³-hybridized carbons (Fsp3) is 0.471. The van der Waals surface area contributed by atoms with Crippen LogP contribution in [-0.2, 0) is 11.2 Å². The number of hydrogen-bond acceptors (Lipinski definition) is 4. The van der Waals surface area contributed by atoms with Crippen molar-refractivity contribution in [1.29, 1.82) is 0 Å². The largest absolute Gasteiger partial charge is 0.366 e. The van der Waals surface area contributed by atoms with Crippen molar-refractivity contribution in [3.63, 3.8) is 0 Å². The minimum absolute atomic E-state index is 0.342. The molecule has 6 heteroatoms. The summed E-state index contributed by atoms with van der Waals surface area (Å²) in [6.07, 6.45) is 3.57. The highest BCUT2D eigenvalue weighted by Crippen LogP contribution is 2.32. The SMILES string of the molecule is N[C@H](Cc1c[nH]c2ccccc12)C(=O)NC1(C(O)O)CCCC1. The van der Waals surface area contributed by atoms with Crippen LogP contribution in [0.3, 0.4) is 0 Å². The second-order valence-corrected chi connectivity index (χ2v) is 6.40. The number of rotatable bonds is 5. The quantitative estimate of drug-likeness (QED) is 0.525. The molecule has 6 N–H and O–H groups in total. The summed E-state index contributed by atoms with van der Waals surface area (Å²) in [6.45, 7) is 0. The van der Waals surface area contributed by atoms with Gasteiger partial charge >= 0.3 is 0 Å². The molecule has 1 atom stereocenters. The summed E-state index contributed by atoms with van der Waals surface area (Å²) in [5, 5.41) is 23.1. The van der Waals surface area contributed by atoms with E-state index in [9.17, 15) is 15.0 Å². The highest BCUT2D eigenvalue weighted by molar-refractivity contribution is 5.86. The summed E-state index contributed by atoms with van der Waals surface area (Å²) in [5.41, 5.74) is 7.09. The molecule has 1 fully saturated rings. The molecule has 0 unspecified atom stereocenters. The summed E-state index contributed by atoms with van der Waals surface area (Å²) < 4.78 is 0. The first-order valence-corrected chi connectivity index (χ1v) is 8.00. The molecule has 0 spiro atoms. The van der Waals surface area contributed by atoms with Crippen molar-refractivity contribution in [2.75, 3.05) is 0 Å². The third-order valence-corrected chi connectivity index (χ3v) is 4.81. The van der Waals surface area contributed by atoms with Gasteiger partial charge in [0.25, 0.3) is 0 Å². The van der Waals surface area contributed by atoms with Crippen molar-refractivity contribution >= 4 is 16.8 Å². The van der Waals surface area contributed by atoms with Crippen LogP contribution in [0.2, 0.25) is 0 Å². The molecule has 1 heterocycles. The van der Waals surface area contributed by atoms with Crippen LogP contribution in [0.1, 0.15) is 31.2 Å². The van der Waals surface area contributed by atoms with Gasteiger partial charge in [0.2, 0.25) is 5.91 Å². The highest BCUT2D eigenvalue weighted by Gasteiger charge is 2.42. The van der Waals surface area contributed by atoms with E-state index in [1.807, 2.05) is 30.5 Å². The normalized spacial score (nSPS) is 18.4. The summed E-state index contributed by atoms with van der Waals surface area (Å²) in [5.74, 6) is -0.342. The van der Waals surface area contributed by atoms with E-state index in [1.165, 1.54) is 0 Å². The Balaban J connectivity index is 1.70. The molecule has 6 nitrogen and oxygen atoms in total. The van der Waals surface area contributed by atoms with Crippen LogP contribution in [0.5, 0.6) is 0 Å². The van der Waals surface area contributed by atoms with E-state index in [0.29, 0.717) is 19.3 Å². The van der Waals surface area contributed by atoms with E-state index in [0.717, 1.165) is 29.3 Å². The number of nitrogens with two attached hydrogens (primary N) is 1. The lowest BCUT2D eigenvalue weighted by molar-refractivity contribution is -0.137. The first-order chi connectivity index (χ1) is 11.0. The number of carbonyl (C=O) groups is 1. The molecule has 1 aromatic heterocycles. The smallest absolute Gasteiger partial charge is 0.237 e. The topological polar surface area (TPSA) is 111 Å². The lowest BCUT2D eigenvalue weighted by Gasteiger charge is -2.33. The molecular formula is C17H23N3O3. The van der Waals surface area contributed by atoms with Crippen molar-refractivity contribution < 1.29 is 15.0 Å². The predicted molar refractivity (Wildman–Crippen MR) is 87.5 cm³/mol. The second-order valence-electron chi connectivity index (χ2n) is 6.40. The Morgan fingerprint density at radius 2 is 2.00 bits per heavy atom. The highest BCUT2D eigenvalue weighted by atomic mass is 16.5. The number of aromatic nitrogens is 1. The zero-order chi connectivity index (χ0) is 16.4. The van der Waals surface area contributed by atoms with Gasteiger partial charge < -0.3 is 26.2 Å². The lowest BCUT2D eigenvalue weighted by atomic mass is 9.95. The number of aromatic amines is 1. The number of aliphatic hydroxyl groups excluding tert-OH is 1. The number of hydrogen-bond donors (Lipinski definition) is 5. The van der Waals surface area contributed by atoms with Gasteiger partial charge in [-0.1, -0.05) is 31.0 Å². The molecule has 2 aromatic rings. The molecule has 1 aromatic carbocycles. The van der Waals surface area contributed by atoms with Crippen molar-refractivity contribution in [1.82, 2.24) is 10.3 Å². The van der Waals surface area contributed by atoms with Crippen molar-refractivity contribution in [3.8, 4) is 0 Å². The van der Waals surface area contributed by atoms with Crippen molar-refractivity contribution in [2.45, 2.75) is 50.0 Å². The number of benzene rings is 1. The number of carbonyl (C=O) groups excluding carboxylic acids is 1. The van der Waals surface area contributed by atoms with E-state index in [4.69, 9.17) is 5.73 Å². The first-order valence-electron chi connectivity index (χ1n) is 8.00. The lowest BCUT2D eigenvalue weighted by Crippen LogP contribution is -2.58. The molecule has 0 aliphatic heterocycles. The van der Waals surface area contributed by atoms with Gasteiger partial charge in [-0.05, 0) is 30.9 Å². The Morgan fingerprint density at radius 1 is 1.30 bits per heavy atom. The van der Waals surface area contributed by atoms with Crippen LogP contribution in [0.15, 0.2) is 30.5 Å². The number of H-pyrrole nitrogens is 1. The second kappa shape index (κ2) is 6.31. The van der Waals surface area contributed by atoms with E-state index >= 15 is 0 Å². The van der Waals surface area contributed by atoms with Crippen molar-refractivity contribution in [2.24, 2.45) is 5.73 Å². The Bertz CT molecular complexity index is 689. The number of amides is 1. The number of para-hydroxylation sites is 1. The minimum atomic E-state index is -1.56. The molecule has 0 radical (unpaired) electrons. The van der Waals surface area contributed by atoms with E-state index in [2.05, 4.69) is 10.3 Å². The fourth-order valence-electron chi connectivity index (χ4n) is 3.42. The zero-order valence-corrected chi connectivity index (χ0v) is 13.0. The van der Waals surface area contributed by atoms with Gasteiger partial charge in [-0.3, -0.25) is 4.79 Å². The Kier molecular flexibility index (Phi) is 4.39. The van der Waals surface area contributed by atoms with Gasteiger partial charge in [0, 0.05) is 17.1 Å². The Labute approximate surface area is 134 Å². The van der Waals surface area contributed by atoms with Gasteiger partial charge in [0.15, 0.2) is 6.29 Å². The monoisotopic (exact) mass is 317 g/mol. The van der Waals surface area contributed by atoms with Gasteiger partial charge in [0.05, 0.1) is 11.6 Å². The molecule has 1 saturated carbocycles. The maximum absolute atomic E-state index is 12.4. The molecule has 0 bridgehead atoms. The summed E-state index contributed by atoms with van der Waals surface area (Å²) >= 11 is 0. The van der Waals surface area contributed by atoms with E-state index < -0.39 is 17.9 Å². The molecule has 0 saturated heterocycles. The number of nitrogens with one attached hydrogen (secondary N) is 2. The van der Waals surface area contributed by atoms with Gasteiger partial charge in [0.1, 0.15) is 0 Å². The minimum Gasteiger partial charge on any atom is -0.366 e. The van der Waals surface area contributed by atoms with E-state index in [-0.39, 0.29) is 5.91 Å². The maximum Gasteiger partial charge on any atom is 0.237 e. The zero-order valence-electron chi connectivity index (χ0n) is 13.0. The van der Waals surface area contributed by atoms with Crippen LogP contribution in [0, 0.1) is 0 Å². The molecule has 124 valence electrons. The molecule has 23 heavy (non-hydrogen) atoms. The maximum atomic E-state index is 12.4. The van der Waals surface area contributed by atoms with Crippen LogP contribution in [-0.4, -0.2) is 39.0 Å². The van der Waals surface area contributed by atoms with Crippen molar-refractivity contribution in [3.05, 3.63) is 36.0 Å². The summed E-state index contributed by atoms with van der Waals surface area (Å²) in [4.78, 5) is 15.6. The predicted octanol–water partition coefficient (Wildman–Crippen LogP) is 0.777. The third-order valence-electron chi connectivity index (χ3n) is 4.81. The van der Waals surface area contributed by atoms with Crippen LogP contribution < -0.4 is 11.1 Å². The first kappa shape index (κ1) is 16.0. The van der Waals surface area contributed by atoms with Gasteiger partial charge in [-0.15, -0.1) is 0 Å². The number of fused-ring (bicyclic) bond motifs is 1. The van der Waals surface area contributed by atoms with Gasteiger partial charge in [-0.2, -0.15) is 0 Å². The molecule has 1 aliphatic carbocycles. The summed E-state index contributed by atoms with van der Waals surface area (Å²) in [6, 6.07) is 7.12. The molecule has 1 aliphatic rings. The molecule has 1 amide bonds. The Hall–Kier alpha value is -1.89. The fourth-order valence-corrected chi connectivity index (χ4v) is 3.42. The number of aliphatic hydroxyl groups is 2. The average molecular weight is 317 g/mol. The summed E-state index contributed by atoms with van der Waals surface area (Å²) in [7, 11) is 0. The van der Waals surface area contributed by atoms with Crippen LogP contribution in [0.4, 0.5) is 0 Å². The van der Waals surface area contributed by atoms with E-state index in [1.54, 1.807) is 0 Å². The molecule has 3 rings (SSSR count). The van der Waals surface area contributed by atoms with Crippen LogP contribution >= 0.6 is 0 Å². The Morgan fingerprint density at radius 3 is 2.70 bits per heavy atom. The van der Waals surface area contributed by atoms with Crippen LogP contribution in [0.25, 0.3) is 10.9 Å². The molecular weight excluding hydrogens is 294 g/mol.